The fourth-order valence-corrected chi connectivity index (χ4v) is 5.33. The minimum absolute atomic E-state index is 0.186. The summed E-state index contributed by atoms with van der Waals surface area (Å²) in [6.07, 6.45) is 7.48. The van der Waals surface area contributed by atoms with Crippen LogP contribution < -0.4 is 0 Å². The quantitative estimate of drug-likeness (QED) is 0.906. The number of rotatable bonds is 4. The summed E-state index contributed by atoms with van der Waals surface area (Å²) in [5.41, 5.74) is -0.186. The van der Waals surface area contributed by atoms with Crippen LogP contribution in [-0.4, -0.2) is 26.0 Å². The first-order valence-corrected chi connectivity index (χ1v) is 9.76. The third-order valence-corrected chi connectivity index (χ3v) is 7.18. The van der Waals surface area contributed by atoms with Gasteiger partial charge in [0, 0.05) is 16.8 Å². The molecule has 3 aliphatic rings. The molecular weight excluding hydrogens is 330 g/mol. The molecule has 3 aliphatic carbocycles. The van der Waals surface area contributed by atoms with Crippen LogP contribution in [0.3, 0.4) is 0 Å². The zero-order valence-electron chi connectivity index (χ0n) is 12.9. The smallest absolute Gasteiger partial charge is 0.145 e. The van der Waals surface area contributed by atoms with Crippen LogP contribution in [-0.2, 0) is 5.41 Å². The fourth-order valence-electron chi connectivity index (χ4n) is 4.08. The second-order valence-corrected chi connectivity index (χ2v) is 9.07. The van der Waals surface area contributed by atoms with E-state index in [1.54, 1.807) is 11.3 Å². The molecule has 0 radical (unpaired) electrons. The Labute approximate surface area is 144 Å². The van der Waals surface area contributed by atoms with Gasteiger partial charge >= 0.3 is 0 Å². The molecule has 2 aromatic heterocycles. The van der Waals surface area contributed by atoms with E-state index in [-0.39, 0.29) is 11.5 Å². The number of hydrogen-bond acceptors (Lipinski definition) is 4. The second-order valence-electron chi connectivity index (χ2n) is 7.36. The van der Waals surface area contributed by atoms with E-state index in [0.717, 1.165) is 23.0 Å². The zero-order chi connectivity index (χ0) is 15.6. The van der Waals surface area contributed by atoms with Crippen molar-refractivity contribution in [3.63, 3.8) is 0 Å². The third kappa shape index (κ3) is 2.13. The summed E-state index contributed by atoms with van der Waals surface area (Å²) in [6, 6.07) is 4.63. The Kier molecular flexibility index (Phi) is 3.16. The largest absolute Gasteiger partial charge is 0.393 e. The molecule has 3 saturated carbocycles. The Morgan fingerprint density at radius 3 is 2.48 bits per heavy atom. The first-order chi connectivity index (χ1) is 11.2. The van der Waals surface area contributed by atoms with E-state index < -0.39 is 0 Å². The van der Waals surface area contributed by atoms with Crippen LogP contribution in [0.25, 0.3) is 0 Å². The Bertz CT molecular complexity index is 741. The molecule has 0 saturated heterocycles. The number of thiophene rings is 1. The summed E-state index contributed by atoms with van der Waals surface area (Å²) in [6.45, 7) is 0. The molecule has 0 bridgehead atoms. The molecule has 0 unspecified atom stereocenters. The monoisotopic (exact) mass is 349 g/mol. The van der Waals surface area contributed by atoms with Gasteiger partial charge in [0.15, 0.2) is 0 Å². The highest BCUT2D eigenvalue weighted by Gasteiger charge is 2.52. The van der Waals surface area contributed by atoms with Crippen molar-refractivity contribution in [2.24, 2.45) is 0 Å². The van der Waals surface area contributed by atoms with E-state index in [1.807, 2.05) is 6.07 Å². The molecular formula is C17H20ClN3OS. The van der Waals surface area contributed by atoms with Gasteiger partial charge in [-0.25, -0.2) is 0 Å². The average molecular weight is 350 g/mol. The topological polar surface area (TPSA) is 50.9 Å². The molecule has 0 atom stereocenters. The lowest BCUT2D eigenvalue weighted by molar-refractivity contribution is 0.0333. The molecule has 3 fully saturated rings. The highest BCUT2D eigenvalue weighted by Crippen LogP contribution is 2.54. The standard InChI is InChI=1S/C17H20ClN3OS/c18-14-7-6-13(23-14)17(8-12(22)9-17)16-20-19-15(10-2-1-3-10)21(16)11-4-5-11/h6-7,10-12,22H,1-5,8-9H2/t12-,17-. The first kappa shape index (κ1) is 14.4. The summed E-state index contributed by atoms with van der Waals surface area (Å²) in [7, 11) is 0. The van der Waals surface area contributed by atoms with Gasteiger partial charge in [-0.05, 0) is 50.7 Å². The molecule has 0 aromatic carbocycles. The van der Waals surface area contributed by atoms with Crippen molar-refractivity contribution in [2.45, 2.75) is 68.4 Å². The minimum Gasteiger partial charge on any atom is -0.393 e. The van der Waals surface area contributed by atoms with Crippen molar-refractivity contribution >= 4 is 22.9 Å². The zero-order valence-corrected chi connectivity index (χ0v) is 14.5. The normalized spacial score (nSPS) is 31.0. The van der Waals surface area contributed by atoms with Gasteiger partial charge in [0.05, 0.1) is 15.9 Å². The van der Waals surface area contributed by atoms with Crippen LogP contribution in [0.2, 0.25) is 4.34 Å². The third-order valence-electron chi connectivity index (χ3n) is 5.75. The summed E-state index contributed by atoms with van der Waals surface area (Å²) >= 11 is 7.81. The molecule has 0 aliphatic heterocycles. The molecule has 122 valence electrons. The number of nitrogens with zero attached hydrogens (tertiary/aromatic N) is 3. The van der Waals surface area contributed by atoms with Gasteiger partial charge in [0.2, 0.25) is 0 Å². The lowest BCUT2D eigenvalue weighted by atomic mass is 9.65. The van der Waals surface area contributed by atoms with E-state index in [2.05, 4.69) is 20.8 Å². The van der Waals surface area contributed by atoms with Crippen molar-refractivity contribution in [1.29, 1.82) is 0 Å². The summed E-state index contributed by atoms with van der Waals surface area (Å²) < 4.78 is 3.24. The van der Waals surface area contributed by atoms with Crippen LogP contribution in [0.4, 0.5) is 0 Å². The van der Waals surface area contributed by atoms with Crippen LogP contribution in [0.1, 0.15) is 73.4 Å². The van der Waals surface area contributed by atoms with E-state index in [1.165, 1.54) is 42.8 Å². The molecule has 0 spiro atoms. The van der Waals surface area contributed by atoms with Gasteiger partial charge in [-0.2, -0.15) is 0 Å². The van der Waals surface area contributed by atoms with Gasteiger partial charge in [0.25, 0.3) is 0 Å². The van der Waals surface area contributed by atoms with Crippen molar-refractivity contribution in [1.82, 2.24) is 14.8 Å². The van der Waals surface area contributed by atoms with Gasteiger partial charge in [-0.3, -0.25) is 0 Å². The van der Waals surface area contributed by atoms with Crippen LogP contribution >= 0.6 is 22.9 Å². The predicted octanol–water partition coefficient (Wildman–Crippen LogP) is 4.04. The maximum absolute atomic E-state index is 10.0. The van der Waals surface area contributed by atoms with E-state index >= 15 is 0 Å². The van der Waals surface area contributed by atoms with Crippen molar-refractivity contribution < 1.29 is 5.11 Å². The Morgan fingerprint density at radius 1 is 1.17 bits per heavy atom. The molecule has 2 aromatic rings. The molecule has 2 heterocycles. The minimum atomic E-state index is -0.243. The van der Waals surface area contributed by atoms with Crippen molar-refractivity contribution in [3.05, 3.63) is 33.0 Å². The maximum Gasteiger partial charge on any atom is 0.145 e. The summed E-state index contributed by atoms with van der Waals surface area (Å²) in [5, 5.41) is 19.3. The molecule has 23 heavy (non-hydrogen) atoms. The predicted molar refractivity (Wildman–Crippen MR) is 90.2 cm³/mol. The van der Waals surface area contributed by atoms with E-state index in [0.29, 0.717) is 12.0 Å². The maximum atomic E-state index is 10.0. The number of aliphatic hydroxyl groups excluding tert-OH is 1. The van der Waals surface area contributed by atoms with Crippen LogP contribution in [0.15, 0.2) is 12.1 Å². The van der Waals surface area contributed by atoms with Crippen molar-refractivity contribution in [2.75, 3.05) is 0 Å². The van der Waals surface area contributed by atoms with Crippen LogP contribution in [0.5, 0.6) is 0 Å². The van der Waals surface area contributed by atoms with E-state index in [4.69, 9.17) is 11.6 Å². The number of aromatic nitrogens is 3. The summed E-state index contributed by atoms with van der Waals surface area (Å²) in [4.78, 5) is 1.22. The van der Waals surface area contributed by atoms with Gasteiger partial charge < -0.3 is 9.67 Å². The lowest BCUT2D eigenvalue weighted by Crippen LogP contribution is -2.47. The second kappa shape index (κ2) is 5.04. The SMILES string of the molecule is O[C@H]1C[C@](c2ccc(Cl)s2)(c2nnc(C3CCC3)n2C2CC2)C1. The first-order valence-electron chi connectivity index (χ1n) is 8.56. The Hall–Kier alpha value is -0.910. The Morgan fingerprint density at radius 2 is 1.96 bits per heavy atom. The highest BCUT2D eigenvalue weighted by molar-refractivity contribution is 7.16. The molecule has 4 nitrogen and oxygen atoms in total. The van der Waals surface area contributed by atoms with E-state index in [9.17, 15) is 5.11 Å². The highest BCUT2D eigenvalue weighted by atomic mass is 35.5. The fraction of sp³-hybridized carbons (Fsp3) is 0.647. The molecule has 6 heteroatoms. The number of aliphatic hydroxyl groups is 1. The number of halogens is 1. The van der Waals surface area contributed by atoms with Crippen LogP contribution in [0, 0.1) is 0 Å². The van der Waals surface area contributed by atoms with Crippen molar-refractivity contribution in [3.8, 4) is 0 Å². The lowest BCUT2D eigenvalue weighted by Gasteiger charge is -2.44. The average Bonchev–Trinajstić information content (AvgIpc) is 3.04. The molecule has 1 N–H and O–H groups in total. The molecule has 5 rings (SSSR count). The number of hydrogen-bond donors (Lipinski definition) is 1. The van der Waals surface area contributed by atoms with Gasteiger partial charge in [0.1, 0.15) is 11.6 Å². The Balaban J connectivity index is 1.62. The van der Waals surface area contributed by atoms with Gasteiger partial charge in [-0.15, -0.1) is 21.5 Å². The summed E-state index contributed by atoms with van der Waals surface area (Å²) in [5.74, 6) is 2.86. The van der Waals surface area contributed by atoms with Gasteiger partial charge in [-0.1, -0.05) is 18.0 Å². The molecule has 0 amide bonds.